The van der Waals surface area contributed by atoms with Gasteiger partial charge in [0.05, 0.1) is 19.6 Å². The van der Waals surface area contributed by atoms with Crippen LogP contribution in [0.25, 0.3) is 0 Å². The van der Waals surface area contributed by atoms with Crippen LogP contribution >= 0.6 is 0 Å². The molecule has 0 aromatic rings. The third-order valence-electron chi connectivity index (χ3n) is 4.02. The van der Waals surface area contributed by atoms with Crippen LogP contribution in [-0.4, -0.2) is 48.3 Å². The largest absolute Gasteiger partial charge is 0.481 e. The highest BCUT2D eigenvalue weighted by Gasteiger charge is 2.38. The Morgan fingerprint density at radius 3 is 2.37 bits per heavy atom. The first-order valence-corrected chi connectivity index (χ1v) is 6.94. The summed E-state index contributed by atoms with van der Waals surface area (Å²) in [6, 6.07) is 0. The summed E-state index contributed by atoms with van der Waals surface area (Å²) in [5.74, 6) is -0.869. The normalized spacial score (nSPS) is 23.2. The fourth-order valence-electron chi connectivity index (χ4n) is 3.09. The van der Waals surface area contributed by atoms with E-state index in [0.29, 0.717) is 32.7 Å². The van der Waals surface area contributed by atoms with Gasteiger partial charge in [-0.25, -0.2) is 5.01 Å². The number of hydrogen-bond donors (Lipinski definition) is 2. The van der Waals surface area contributed by atoms with Gasteiger partial charge in [-0.1, -0.05) is 12.8 Å². The summed E-state index contributed by atoms with van der Waals surface area (Å²) in [6.45, 7) is 2.64. The van der Waals surface area contributed by atoms with E-state index < -0.39 is 5.97 Å². The van der Waals surface area contributed by atoms with Gasteiger partial charge in [-0.2, -0.15) is 0 Å². The zero-order valence-corrected chi connectivity index (χ0v) is 11.2. The summed E-state index contributed by atoms with van der Waals surface area (Å²) in [7, 11) is 0. The second-order valence-electron chi connectivity index (χ2n) is 5.59. The minimum Gasteiger partial charge on any atom is -0.481 e. The van der Waals surface area contributed by atoms with Crippen LogP contribution in [0.15, 0.2) is 0 Å². The lowest BCUT2D eigenvalue weighted by Gasteiger charge is -2.30. The zero-order chi connectivity index (χ0) is 13.7. The van der Waals surface area contributed by atoms with Gasteiger partial charge in [-0.3, -0.25) is 15.0 Å². The molecule has 0 atom stereocenters. The molecule has 1 aliphatic heterocycles. The van der Waals surface area contributed by atoms with E-state index in [4.69, 9.17) is 9.84 Å². The van der Waals surface area contributed by atoms with Crippen LogP contribution in [0, 0.1) is 5.41 Å². The molecule has 2 rings (SSSR count). The number of carbonyl (C=O) groups is 2. The van der Waals surface area contributed by atoms with Crippen molar-refractivity contribution in [3.8, 4) is 0 Å². The van der Waals surface area contributed by atoms with Crippen molar-refractivity contribution in [2.75, 3.05) is 26.3 Å². The van der Waals surface area contributed by atoms with Gasteiger partial charge in [0.1, 0.15) is 0 Å². The molecule has 0 radical (unpaired) electrons. The van der Waals surface area contributed by atoms with E-state index in [9.17, 15) is 9.59 Å². The molecule has 6 nitrogen and oxygen atoms in total. The monoisotopic (exact) mass is 270 g/mol. The summed E-state index contributed by atoms with van der Waals surface area (Å²) < 4.78 is 5.22. The van der Waals surface area contributed by atoms with Crippen LogP contribution in [0.3, 0.4) is 0 Å². The topological polar surface area (TPSA) is 78.9 Å². The maximum Gasteiger partial charge on any atom is 0.303 e. The SMILES string of the molecule is O=C(O)CC1(CC(=O)NN2CCOCC2)CCCC1. The Morgan fingerprint density at radius 2 is 1.79 bits per heavy atom. The summed E-state index contributed by atoms with van der Waals surface area (Å²) in [6.07, 6.45) is 4.15. The van der Waals surface area contributed by atoms with Gasteiger partial charge in [0.15, 0.2) is 0 Å². The van der Waals surface area contributed by atoms with Gasteiger partial charge < -0.3 is 9.84 Å². The Bertz CT molecular complexity index is 334. The number of hydrogen-bond acceptors (Lipinski definition) is 4. The highest BCUT2D eigenvalue weighted by atomic mass is 16.5. The maximum absolute atomic E-state index is 12.1. The molecule has 0 aromatic carbocycles. The molecule has 19 heavy (non-hydrogen) atoms. The molecule has 1 heterocycles. The molecule has 0 unspecified atom stereocenters. The number of carboxylic acid groups (broad SMARTS) is 1. The Balaban J connectivity index is 1.86. The van der Waals surface area contributed by atoms with E-state index in [-0.39, 0.29) is 17.7 Å². The summed E-state index contributed by atoms with van der Waals surface area (Å²) in [5.41, 5.74) is 2.53. The predicted molar refractivity (Wildman–Crippen MR) is 68.3 cm³/mol. The predicted octanol–water partition coefficient (Wildman–Crippen LogP) is 0.775. The van der Waals surface area contributed by atoms with Crippen molar-refractivity contribution in [2.24, 2.45) is 5.41 Å². The van der Waals surface area contributed by atoms with Crippen molar-refractivity contribution < 1.29 is 19.4 Å². The van der Waals surface area contributed by atoms with Crippen molar-refractivity contribution in [3.63, 3.8) is 0 Å². The fourth-order valence-corrected chi connectivity index (χ4v) is 3.09. The molecule has 0 spiro atoms. The standard InChI is InChI=1S/C13H22N2O4/c16-11(14-15-5-7-19-8-6-15)9-13(10-12(17)18)3-1-2-4-13/h1-10H2,(H,14,16)(H,17,18). The van der Waals surface area contributed by atoms with Gasteiger partial charge in [-0.15, -0.1) is 0 Å². The van der Waals surface area contributed by atoms with Gasteiger partial charge in [-0.05, 0) is 18.3 Å². The van der Waals surface area contributed by atoms with Gasteiger partial charge >= 0.3 is 5.97 Å². The Kier molecular flexibility index (Phi) is 4.76. The number of aliphatic carboxylic acids is 1. The quantitative estimate of drug-likeness (QED) is 0.771. The first-order chi connectivity index (χ1) is 9.10. The van der Waals surface area contributed by atoms with E-state index in [1.54, 1.807) is 0 Å². The number of hydrazine groups is 1. The van der Waals surface area contributed by atoms with E-state index in [2.05, 4.69) is 5.43 Å². The van der Waals surface area contributed by atoms with Crippen molar-refractivity contribution in [1.82, 2.24) is 10.4 Å². The Hall–Kier alpha value is -1.14. The first kappa shape index (κ1) is 14.3. The summed E-state index contributed by atoms with van der Waals surface area (Å²) >= 11 is 0. The summed E-state index contributed by atoms with van der Waals surface area (Å²) in [5, 5.41) is 10.9. The van der Waals surface area contributed by atoms with Crippen molar-refractivity contribution in [3.05, 3.63) is 0 Å². The van der Waals surface area contributed by atoms with Crippen LogP contribution in [0.2, 0.25) is 0 Å². The third-order valence-corrected chi connectivity index (χ3v) is 4.02. The Labute approximate surface area is 113 Å². The summed E-state index contributed by atoms with van der Waals surface area (Å²) in [4.78, 5) is 23.0. The number of nitrogens with zero attached hydrogens (tertiary/aromatic N) is 1. The molecule has 0 aromatic heterocycles. The average molecular weight is 270 g/mol. The zero-order valence-electron chi connectivity index (χ0n) is 11.2. The third kappa shape index (κ3) is 4.18. The molecule has 1 aliphatic carbocycles. The molecule has 1 amide bonds. The second-order valence-corrected chi connectivity index (χ2v) is 5.59. The minimum absolute atomic E-state index is 0.0648. The number of amides is 1. The van der Waals surface area contributed by atoms with E-state index >= 15 is 0 Å². The van der Waals surface area contributed by atoms with Crippen LogP contribution in [-0.2, 0) is 14.3 Å². The molecular formula is C13H22N2O4. The van der Waals surface area contributed by atoms with E-state index in [0.717, 1.165) is 25.7 Å². The Morgan fingerprint density at radius 1 is 1.16 bits per heavy atom. The lowest BCUT2D eigenvalue weighted by molar-refractivity contribution is -0.140. The van der Waals surface area contributed by atoms with E-state index in [1.807, 2.05) is 5.01 Å². The lowest BCUT2D eigenvalue weighted by atomic mass is 9.79. The van der Waals surface area contributed by atoms with Gasteiger partial charge in [0.2, 0.25) is 5.91 Å². The van der Waals surface area contributed by atoms with Crippen LogP contribution in [0.1, 0.15) is 38.5 Å². The van der Waals surface area contributed by atoms with Crippen molar-refractivity contribution >= 4 is 11.9 Å². The van der Waals surface area contributed by atoms with E-state index in [1.165, 1.54) is 0 Å². The fraction of sp³-hybridized carbons (Fsp3) is 0.846. The number of carbonyl (C=O) groups excluding carboxylic acids is 1. The smallest absolute Gasteiger partial charge is 0.303 e. The number of ether oxygens (including phenoxy) is 1. The van der Waals surface area contributed by atoms with Crippen molar-refractivity contribution in [1.29, 1.82) is 0 Å². The van der Waals surface area contributed by atoms with Gasteiger partial charge in [0, 0.05) is 19.5 Å². The van der Waals surface area contributed by atoms with Crippen LogP contribution in [0.5, 0.6) is 0 Å². The number of carboxylic acids is 1. The number of morpholine rings is 1. The number of nitrogens with one attached hydrogen (secondary N) is 1. The second kappa shape index (κ2) is 6.34. The number of rotatable bonds is 5. The maximum atomic E-state index is 12.1. The van der Waals surface area contributed by atoms with Crippen LogP contribution in [0.4, 0.5) is 0 Å². The molecule has 2 N–H and O–H groups in total. The molecule has 0 bridgehead atoms. The van der Waals surface area contributed by atoms with Crippen LogP contribution < -0.4 is 5.43 Å². The molecule has 2 aliphatic rings. The molecule has 6 heteroatoms. The molecule has 108 valence electrons. The highest BCUT2D eigenvalue weighted by Crippen LogP contribution is 2.43. The highest BCUT2D eigenvalue weighted by molar-refractivity contribution is 5.77. The first-order valence-electron chi connectivity index (χ1n) is 6.94. The van der Waals surface area contributed by atoms with Gasteiger partial charge in [0.25, 0.3) is 0 Å². The molecular weight excluding hydrogens is 248 g/mol. The van der Waals surface area contributed by atoms with Crippen molar-refractivity contribution in [2.45, 2.75) is 38.5 Å². The lowest BCUT2D eigenvalue weighted by Crippen LogP contribution is -2.49. The molecule has 2 fully saturated rings. The molecule has 1 saturated heterocycles. The average Bonchev–Trinajstić information content (AvgIpc) is 2.77. The minimum atomic E-state index is -0.805. The molecule has 1 saturated carbocycles.